The molecule has 0 atom stereocenters. The summed E-state index contributed by atoms with van der Waals surface area (Å²) in [5.41, 5.74) is 0.548. The standard InChI is InChI=1S/C7H3Cl2OTe/c8-5-1-4(7(10)11)2-6(9)3-5/h1-3H. The zero-order chi connectivity index (χ0) is 8.43. The average Bonchev–Trinajstić information content (AvgIpc) is 1.85. The van der Waals surface area contributed by atoms with E-state index in [0.29, 0.717) is 15.6 Å². The van der Waals surface area contributed by atoms with Crippen molar-refractivity contribution in [3.63, 3.8) is 0 Å². The fraction of sp³-hybridized carbons (Fsp3) is 0. The Balaban J connectivity index is 3.19. The van der Waals surface area contributed by atoms with Gasteiger partial charge in [-0.3, -0.25) is 0 Å². The molecular formula is C7H3Cl2OTe. The van der Waals surface area contributed by atoms with Crippen LogP contribution in [0.15, 0.2) is 18.2 Å². The first-order chi connectivity index (χ1) is 5.09. The van der Waals surface area contributed by atoms with Gasteiger partial charge in [0.05, 0.1) is 0 Å². The van der Waals surface area contributed by atoms with Gasteiger partial charge >= 0.3 is 87.9 Å². The van der Waals surface area contributed by atoms with E-state index in [1.165, 1.54) is 22.3 Å². The molecule has 1 aromatic carbocycles. The second-order valence-electron chi connectivity index (χ2n) is 1.95. The van der Waals surface area contributed by atoms with E-state index in [0.717, 1.165) is 0 Å². The molecule has 0 heterocycles. The molecule has 0 spiro atoms. The van der Waals surface area contributed by atoms with E-state index >= 15 is 0 Å². The summed E-state index contributed by atoms with van der Waals surface area (Å²) in [7, 11) is 0. The van der Waals surface area contributed by atoms with Crippen LogP contribution in [0.1, 0.15) is 10.4 Å². The van der Waals surface area contributed by atoms with Crippen LogP contribution in [0, 0.1) is 0 Å². The van der Waals surface area contributed by atoms with Gasteiger partial charge in [-0.25, -0.2) is 0 Å². The summed E-state index contributed by atoms with van der Waals surface area (Å²) in [5.74, 6) is 0. The monoisotopic (exact) mass is 303 g/mol. The Kier molecular flexibility index (Phi) is 3.21. The Labute approximate surface area is 87.6 Å². The van der Waals surface area contributed by atoms with Crippen LogP contribution in [0.4, 0.5) is 0 Å². The molecule has 11 heavy (non-hydrogen) atoms. The fourth-order valence-electron chi connectivity index (χ4n) is 0.672. The number of rotatable bonds is 1. The minimum absolute atomic E-state index is 0.0230. The van der Waals surface area contributed by atoms with E-state index in [9.17, 15) is 4.79 Å². The van der Waals surface area contributed by atoms with E-state index in [2.05, 4.69) is 0 Å². The second kappa shape index (κ2) is 3.78. The number of halogens is 2. The topological polar surface area (TPSA) is 17.1 Å². The van der Waals surface area contributed by atoms with E-state index in [1.807, 2.05) is 0 Å². The molecule has 57 valence electrons. The fourth-order valence-corrected chi connectivity index (χ4v) is 1.53. The van der Waals surface area contributed by atoms with E-state index in [4.69, 9.17) is 23.2 Å². The molecule has 0 aliphatic carbocycles. The number of carbonyl (C=O) groups excluding carboxylic acids is 1. The molecule has 1 radical (unpaired) electrons. The molecule has 0 N–H and O–H groups in total. The van der Waals surface area contributed by atoms with E-state index < -0.39 is 0 Å². The molecule has 0 fully saturated rings. The summed E-state index contributed by atoms with van der Waals surface area (Å²) in [5, 5.41) is 0.980. The van der Waals surface area contributed by atoms with E-state index in [1.54, 1.807) is 18.2 Å². The van der Waals surface area contributed by atoms with Gasteiger partial charge in [-0.05, 0) is 0 Å². The molecule has 0 amide bonds. The number of hydrogen-bond donors (Lipinski definition) is 0. The van der Waals surface area contributed by atoms with Crippen molar-refractivity contribution in [1.82, 2.24) is 0 Å². The third-order valence-corrected chi connectivity index (χ3v) is 2.21. The molecular weight excluding hydrogens is 299 g/mol. The first-order valence-electron chi connectivity index (χ1n) is 2.77. The third kappa shape index (κ3) is 2.65. The van der Waals surface area contributed by atoms with Crippen LogP contribution >= 0.6 is 23.2 Å². The molecule has 0 bridgehead atoms. The first kappa shape index (κ1) is 9.35. The molecule has 0 aromatic heterocycles. The molecule has 0 aliphatic heterocycles. The Morgan fingerprint density at radius 1 is 1.18 bits per heavy atom. The zero-order valence-corrected chi connectivity index (χ0v) is 9.15. The van der Waals surface area contributed by atoms with Crippen LogP contribution in [-0.4, -0.2) is 26.1 Å². The van der Waals surface area contributed by atoms with Gasteiger partial charge in [0, 0.05) is 0 Å². The summed E-state index contributed by atoms with van der Waals surface area (Å²) < 4.78 is -0.0230. The Bertz CT molecular complexity index is 278. The van der Waals surface area contributed by atoms with Gasteiger partial charge in [0.2, 0.25) is 0 Å². The summed E-state index contributed by atoms with van der Waals surface area (Å²) in [6.07, 6.45) is 0. The summed E-state index contributed by atoms with van der Waals surface area (Å²) >= 11 is 12.7. The molecule has 0 saturated heterocycles. The van der Waals surface area contributed by atoms with Gasteiger partial charge in [-0.2, -0.15) is 0 Å². The maximum atomic E-state index is 10.8. The summed E-state index contributed by atoms with van der Waals surface area (Å²) in [6.45, 7) is 0. The number of carbonyl (C=O) groups is 1. The molecule has 1 nitrogen and oxygen atoms in total. The van der Waals surface area contributed by atoms with Crippen LogP contribution in [0.25, 0.3) is 0 Å². The quantitative estimate of drug-likeness (QED) is 0.728. The second-order valence-corrected chi connectivity index (χ2v) is 3.88. The predicted molar refractivity (Wildman–Crippen MR) is 46.5 cm³/mol. The van der Waals surface area contributed by atoms with Crippen LogP contribution in [0.3, 0.4) is 0 Å². The van der Waals surface area contributed by atoms with E-state index in [-0.39, 0.29) is 3.83 Å². The predicted octanol–water partition coefficient (Wildman–Crippen LogP) is 2.30. The van der Waals surface area contributed by atoms with Crippen molar-refractivity contribution in [3.8, 4) is 0 Å². The van der Waals surface area contributed by atoms with Crippen molar-refractivity contribution in [2.45, 2.75) is 0 Å². The van der Waals surface area contributed by atoms with Crippen molar-refractivity contribution in [1.29, 1.82) is 0 Å². The molecule has 4 heteroatoms. The van der Waals surface area contributed by atoms with Gasteiger partial charge in [0.25, 0.3) is 0 Å². The van der Waals surface area contributed by atoms with Crippen LogP contribution in [0.5, 0.6) is 0 Å². The molecule has 0 aliphatic rings. The number of benzene rings is 1. The molecule has 1 rings (SSSR count). The average molecular weight is 302 g/mol. The van der Waals surface area contributed by atoms with Crippen molar-refractivity contribution >= 4 is 49.3 Å². The Morgan fingerprint density at radius 3 is 2.00 bits per heavy atom. The molecule has 0 unspecified atom stereocenters. The number of hydrogen-bond acceptors (Lipinski definition) is 1. The minimum atomic E-state index is -0.0230. The van der Waals surface area contributed by atoms with Gasteiger partial charge in [-0.15, -0.1) is 0 Å². The Hall–Kier alpha value is 0.260. The first-order valence-corrected chi connectivity index (χ1v) is 4.69. The maximum absolute atomic E-state index is 10.8. The zero-order valence-electron chi connectivity index (χ0n) is 5.30. The van der Waals surface area contributed by atoms with Crippen molar-refractivity contribution in [3.05, 3.63) is 33.8 Å². The van der Waals surface area contributed by atoms with Crippen molar-refractivity contribution < 1.29 is 4.79 Å². The van der Waals surface area contributed by atoms with Crippen LogP contribution in [-0.2, 0) is 0 Å². The molecule has 0 saturated carbocycles. The molecule has 1 aromatic rings. The summed E-state index contributed by atoms with van der Waals surface area (Å²) in [6, 6.07) is 4.78. The summed E-state index contributed by atoms with van der Waals surface area (Å²) in [4.78, 5) is 10.8. The van der Waals surface area contributed by atoms with Gasteiger partial charge in [0.1, 0.15) is 0 Å². The van der Waals surface area contributed by atoms with Gasteiger partial charge in [-0.1, -0.05) is 0 Å². The SMILES string of the molecule is O=C([Te])c1cc(Cl)cc(Cl)c1. The normalized spacial score (nSPS) is 9.64. The third-order valence-electron chi connectivity index (χ3n) is 1.10. The van der Waals surface area contributed by atoms with Crippen LogP contribution < -0.4 is 0 Å². The van der Waals surface area contributed by atoms with Gasteiger partial charge in [0.15, 0.2) is 0 Å². The van der Waals surface area contributed by atoms with Crippen LogP contribution in [0.2, 0.25) is 10.0 Å². The van der Waals surface area contributed by atoms with Crippen molar-refractivity contribution in [2.24, 2.45) is 0 Å². The van der Waals surface area contributed by atoms with Crippen molar-refractivity contribution in [2.75, 3.05) is 0 Å². The van der Waals surface area contributed by atoms with Gasteiger partial charge < -0.3 is 0 Å². The Morgan fingerprint density at radius 2 is 1.64 bits per heavy atom.